The Hall–Kier alpha value is -3.03. The summed E-state index contributed by atoms with van der Waals surface area (Å²) in [5, 5.41) is 9.11. The van der Waals surface area contributed by atoms with Gasteiger partial charge >= 0.3 is 18.2 Å². The molecule has 0 saturated heterocycles. The molecule has 27 heavy (non-hydrogen) atoms. The topological polar surface area (TPSA) is 66.8 Å². The molecule has 2 rings (SSSR count). The van der Waals surface area contributed by atoms with E-state index in [2.05, 4.69) is 0 Å². The molecule has 1 atom stereocenters. The molecule has 1 amide bonds. The predicted molar refractivity (Wildman–Crippen MR) is 90.8 cm³/mol. The molecule has 0 fully saturated rings. The molecule has 0 aliphatic heterocycles. The average Bonchev–Trinajstić information content (AvgIpc) is 2.63. The molecule has 0 aliphatic rings. The number of amides is 1. The van der Waals surface area contributed by atoms with Crippen LogP contribution >= 0.6 is 0 Å². The Morgan fingerprint density at radius 1 is 1.07 bits per heavy atom. The van der Waals surface area contributed by atoms with Crippen LogP contribution < -0.4 is 0 Å². The summed E-state index contributed by atoms with van der Waals surface area (Å²) in [6, 6.07) is 12.0. The summed E-state index contributed by atoms with van der Waals surface area (Å²) in [6.07, 6.45) is -5.74. The number of ether oxygens (including phenoxy) is 1. The van der Waals surface area contributed by atoms with Gasteiger partial charge < -0.3 is 14.7 Å². The highest BCUT2D eigenvalue weighted by atomic mass is 19.4. The van der Waals surface area contributed by atoms with Crippen LogP contribution in [0.4, 0.5) is 18.0 Å². The fourth-order valence-electron chi connectivity index (χ4n) is 2.49. The summed E-state index contributed by atoms with van der Waals surface area (Å²) in [6.45, 7) is -0.00316. The Kier molecular flexibility index (Phi) is 6.44. The molecule has 5 nitrogen and oxygen atoms in total. The number of carboxylic acids is 1. The van der Waals surface area contributed by atoms with E-state index in [1.165, 1.54) is 7.05 Å². The zero-order chi connectivity index (χ0) is 20.0. The third kappa shape index (κ3) is 5.73. The number of hydrogen-bond donors (Lipinski definition) is 1. The first-order chi connectivity index (χ1) is 12.7. The highest BCUT2D eigenvalue weighted by Crippen LogP contribution is 2.31. The van der Waals surface area contributed by atoms with Crippen molar-refractivity contribution in [1.29, 1.82) is 0 Å². The van der Waals surface area contributed by atoms with Crippen LogP contribution in [-0.4, -0.2) is 29.1 Å². The average molecular weight is 381 g/mol. The van der Waals surface area contributed by atoms with Gasteiger partial charge in [0, 0.05) is 7.05 Å². The van der Waals surface area contributed by atoms with Gasteiger partial charge in [-0.15, -0.1) is 0 Å². The van der Waals surface area contributed by atoms with E-state index in [0.717, 1.165) is 34.7 Å². The zero-order valence-corrected chi connectivity index (χ0v) is 14.4. The minimum atomic E-state index is -4.50. The fraction of sp³-hybridized carbons (Fsp3) is 0.263. The first kappa shape index (κ1) is 20.3. The monoisotopic (exact) mass is 381 g/mol. The minimum Gasteiger partial charge on any atom is -0.481 e. The highest BCUT2D eigenvalue weighted by molar-refractivity contribution is 5.72. The molecule has 0 aliphatic carbocycles. The van der Waals surface area contributed by atoms with Gasteiger partial charge in [0.05, 0.1) is 18.0 Å². The van der Waals surface area contributed by atoms with Gasteiger partial charge in [-0.2, -0.15) is 13.2 Å². The Morgan fingerprint density at radius 3 is 2.19 bits per heavy atom. The van der Waals surface area contributed by atoms with Gasteiger partial charge in [-0.3, -0.25) is 4.79 Å². The Balaban J connectivity index is 2.14. The third-order valence-corrected chi connectivity index (χ3v) is 3.95. The van der Waals surface area contributed by atoms with Crippen LogP contribution in [0.3, 0.4) is 0 Å². The van der Waals surface area contributed by atoms with Crippen molar-refractivity contribution >= 4 is 12.1 Å². The number of carbonyl (C=O) groups excluding carboxylic acids is 1. The second-order valence-electron chi connectivity index (χ2n) is 5.88. The van der Waals surface area contributed by atoms with Crippen LogP contribution in [0.25, 0.3) is 0 Å². The van der Waals surface area contributed by atoms with Crippen molar-refractivity contribution in [3.05, 3.63) is 71.3 Å². The van der Waals surface area contributed by atoms with Gasteiger partial charge in [-0.25, -0.2) is 4.79 Å². The molecule has 1 N–H and O–H groups in total. The zero-order valence-electron chi connectivity index (χ0n) is 14.4. The number of carboxylic acid groups (broad SMARTS) is 1. The normalized spacial score (nSPS) is 12.3. The van der Waals surface area contributed by atoms with E-state index >= 15 is 0 Å². The molecular formula is C19H18F3NO4. The minimum absolute atomic E-state index is 0.00316. The summed E-state index contributed by atoms with van der Waals surface area (Å²) in [5.41, 5.74) is 0.169. The number of hydrogen-bond acceptors (Lipinski definition) is 3. The van der Waals surface area contributed by atoms with Crippen molar-refractivity contribution in [3.63, 3.8) is 0 Å². The molecule has 0 aromatic heterocycles. The van der Waals surface area contributed by atoms with E-state index in [4.69, 9.17) is 9.84 Å². The van der Waals surface area contributed by atoms with Gasteiger partial charge in [-0.05, 0) is 23.3 Å². The summed E-state index contributed by atoms with van der Waals surface area (Å²) in [7, 11) is 1.35. The maximum absolute atomic E-state index is 12.7. The molecule has 8 heteroatoms. The largest absolute Gasteiger partial charge is 0.481 e. The van der Waals surface area contributed by atoms with Crippen LogP contribution in [0.1, 0.15) is 29.2 Å². The number of aliphatic carboxylic acids is 1. The number of halogens is 3. The van der Waals surface area contributed by atoms with Crippen molar-refractivity contribution in [3.8, 4) is 0 Å². The quantitative estimate of drug-likeness (QED) is 0.801. The second-order valence-corrected chi connectivity index (χ2v) is 5.88. The fourth-order valence-corrected chi connectivity index (χ4v) is 2.49. The summed E-state index contributed by atoms with van der Waals surface area (Å²) < 4.78 is 43.3. The van der Waals surface area contributed by atoms with E-state index in [1.807, 2.05) is 6.07 Å². The lowest BCUT2D eigenvalue weighted by Gasteiger charge is -2.27. The standard InChI is InChI=1S/C19H18F3NO4/c1-23(18(26)27-12-13-5-3-2-4-6-13)16(11-17(24)25)14-7-9-15(10-8-14)19(20,21)22/h2-10,16H,11-12H2,1H3,(H,24,25). The molecule has 0 bridgehead atoms. The molecule has 0 saturated carbocycles. The van der Waals surface area contributed by atoms with Crippen molar-refractivity contribution in [2.24, 2.45) is 0 Å². The van der Waals surface area contributed by atoms with Crippen molar-refractivity contribution in [2.45, 2.75) is 25.2 Å². The molecule has 0 spiro atoms. The van der Waals surface area contributed by atoms with Gasteiger partial charge in [0.25, 0.3) is 0 Å². The van der Waals surface area contributed by atoms with Gasteiger partial charge in [-0.1, -0.05) is 42.5 Å². The van der Waals surface area contributed by atoms with E-state index in [-0.39, 0.29) is 12.2 Å². The number of rotatable bonds is 6. The Labute approximate surface area is 154 Å². The summed E-state index contributed by atoms with van der Waals surface area (Å²) in [5.74, 6) is -1.19. The molecule has 1 unspecified atom stereocenters. The number of benzene rings is 2. The maximum Gasteiger partial charge on any atom is 0.416 e. The SMILES string of the molecule is CN(C(=O)OCc1ccccc1)C(CC(=O)O)c1ccc(C(F)(F)F)cc1. The number of nitrogens with zero attached hydrogens (tertiary/aromatic N) is 1. The van der Waals surface area contributed by atoms with Gasteiger partial charge in [0.15, 0.2) is 0 Å². The smallest absolute Gasteiger partial charge is 0.416 e. The summed E-state index contributed by atoms with van der Waals surface area (Å²) in [4.78, 5) is 24.5. The number of carbonyl (C=O) groups is 2. The van der Waals surface area contributed by atoms with Gasteiger partial charge in [0.2, 0.25) is 0 Å². The van der Waals surface area contributed by atoms with E-state index in [9.17, 15) is 22.8 Å². The predicted octanol–water partition coefficient (Wildman–Crippen LogP) is 4.49. The third-order valence-electron chi connectivity index (χ3n) is 3.95. The van der Waals surface area contributed by atoms with Crippen LogP contribution in [0.5, 0.6) is 0 Å². The van der Waals surface area contributed by atoms with Gasteiger partial charge in [0.1, 0.15) is 6.61 Å². The molecular weight excluding hydrogens is 363 g/mol. The Morgan fingerprint density at radius 2 is 1.67 bits per heavy atom. The van der Waals surface area contributed by atoms with E-state index in [1.54, 1.807) is 24.3 Å². The highest BCUT2D eigenvalue weighted by Gasteiger charge is 2.31. The second kappa shape index (κ2) is 8.57. The van der Waals surface area contributed by atoms with E-state index < -0.39 is 36.3 Å². The lowest BCUT2D eigenvalue weighted by Crippen LogP contribution is -2.33. The van der Waals surface area contributed by atoms with Crippen LogP contribution in [0.15, 0.2) is 54.6 Å². The first-order valence-corrected chi connectivity index (χ1v) is 8.01. The van der Waals surface area contributed by atoms with Crippen molar-refractivity contribution in [1.82, 2.24) is 4.90 Å². The Bertz CT molecular complexity index is 776. The van der Waals surface area contributed by atoms with Crippen LogP contribution in [0, 0.1) is 0 Å². The molecule has 0 heterocycles. The molecule has 0 radical (unpaired) electrons. The molecule has 2 aromatic rings. The number of alkyl halides is 3. The van der Waals surface area contributed by atoms with Crippen LogP contribution in [0.2, 0.25) is 0 Å². The maximum atomic E-state index is 12.7. The van der Waals surface area contributed by atoms with Crippen molar-refractivity contribution in [2.75, 3.05) is 7.05 Å². The lowest BCUT2D eigenvalue weighted by molar-refractivity contribution is -0.139. The van der Waals surface area contributed by atoms with Crippen molar-refractivity contribution < 1.29 is 32.6 Å². The van der Waals surface area contributed by atoms with Crippen LogP contribution in [-0.2, 0) is 22.3 Å². The molecule has 2 aromatic carbocycles. The lowest BCUT2D eigenvalue weighted by atomic mass is 10.0. The molecule has 144 valence electrons. The summed E-state index contributed by atoms with van der Waals surface area (Å²) >= 11 is 0. The first-order valence-electron chi connectivity index (χ1n) is 8.01. The van der Waals surface area contributed by atoms with E-state index in [0.29, 0.717) is 0 Å².